The Morgan fingerprint density at radius 3 is 2.87 bits per heavy atom. The largest absolute Gasteiger partial charge is 0.477 e. The first-order valence-corrected chi connectivity index (χ1v) is 14.0. The third-order valence-corrected chi connectivity index (χ3v) is 8.84. The predicted molar refractivity (Wildman–Crippen MR) is 143 cm³/mol. The van der Waals surface area contributed by atoms with Gasteiger partial charge in [-0.25, -0.2) is 9.36 Å². The minimum atomic E-state index is -1.19. The second-order valence-corrected chi connectivity index (χ2v) is 11.3. The number of carboxylic acid groups (broad SMARTS) is 1. The molecule has 2 amide bonds. The zero-order valence-corrected chi connectivity index (χ0v) is 22.4. The first-order valence-electron chi connectivity index (χ1n) is 12.2. The van der Waals surface area contributed by atoms with Crippen LogP contribution >= 0.6 is 23.3 Å². The zero-order chi connectivity index (χ0) is 27.3. The number of amides is 2. The maximum Gasteiger partial charge on any atom is 0.352 e. The molecule has 6 rings (SSSR count). The predicted octanol–water partition coefficient (Wildman–Crippen LogP) is -1.17. The molecule has 3 aliphatic heterocycles. The van der Waals surface area contributed by atoms with E-state index in [4.69, 9.17) is 5.73 Å². The monoisotopic (exact) mass is 569 g/mol. The Morgan fingerprint density at radius 1 is 1.38 bits per heavy atom. The fraction of sp³-hybridized carbons (Fsp3) is 0.391. The molecule has 3 aliphatic rings. The summed E-state index contributed by atoms with van der Waals surface area (Å²) in [5.74, 6) is -1.31. The number of nitrogen functional groups attached to an aromatic ring is 1. The highest BCUT2D eigenvalue weighted by atomic mass is 32.2. The van der Waals surface area contributed by atoms with E-state index in [1.54, 1.807) is 0 Å². The lowest BCUT2D eigenvalue weighted by molar-refractivity contribution is -0.664. The number of carbonyl (C=O) groups is 3. The van der Waals surface area contributed by atoms with Crippen LogP contribution in [0.25, 0.3) is 11.2 Å². The van der Waals surface area contributed by atoms with Crippen LogP contribution in [-0.4, -0.2) is 89.7 Å². The summed E-state index contributed by atoms with van der Waals surface area (Å²) in [5, 5.41) is 15.7. The fourth-order valence-corrected chi connectivity index (χ4v) is 6.73. The van der Waals surface area contributed by atoms with Crippen molar-refractivity contribution in [2.24, 2.45) is 10.9 Å². The molecule has 16 heteroatoms. The molecule has 14 nitrogen and oxygen atoms in total. The smallest absolute Gasteiger partial charge is 0.352 e. The first kappa shape index (κ1) is 25.4. The second kappa shape index (κ2) is 10.0. The van der Waals surface area contributed by atoms with E-state index in [0.29, 0.717) is 17.2 Å². The molecule has 39 heavy (non-hydrogen) atoms. The number of hydrogen-bond donors (Lipinski definition) is 4. The number of nitrogens with one attached hydrogen (secondary N) is 2. The van der Waals surface area contributed by atoms with Crippen molar-refractivity contribution in [3.63, 3.8) is 0 Å². The minimum Gasteiger partial charge on any atom is -0.477 e. The summed E-state index contributed by atoms with van der Waals surface area (Å²) in [6.45, 7) is 3.09. The molecule has 2 fully saturated rings. The molecule has 2 atom stereocenters. The van der Waals surface area contributed by atoms with Gasteiger partial charge in [-0.1, -0.05) is 0 Å². The van der Waals surface area contributed by atoms with E-state index in [9.17, 15) is 19.5 Å². The van der Waals surface area contributed by atoms with Crippen molar-refractivity contribution in [2.45, 2.75) is 24.5 Å². The van der Waals surface area contributed by atoms with Gasteiger partial charge >= 0.3 is 11.6 Å². The van der Waals surface area contributed by atoms with Gasteiger partial charge in [0.15, 0.2) is 16.7 Å². The number of carbonyl (C=O) groups excluding carboxylic acids is 2. The number of thioether (sulfide) groups is 1. The number of carboxylic acids is 1. The number of β-lactam (4-membered cyclic amide) rings is 1. The van der Waals surface area contributed by atoms with Gasteiger partial charge in [0.2, 0.25) is 6.33 Å². The van der Waals surface area contributed by atoms with Crippen LogP contribution in [-0.2, 0) is 27.5 Å². The van der Waals surface area contributed by atoms with Crippen LogP contribution < -0.4 is 20.9 Å². The molecular weight excluding hydrogens is 544 g/mol. The van der Waals surface area contributed by atoms with Crippen LogP contribution in [0.3, 0.4) is 0 Å². The summed E-state index contributed by atoms with van der Waals surface area (Å²) in [7, 11) is 1.42. The van der Waals surface area contributed by atoms with E-state index in [1.807, 2.05) is 29.2 Å². The van der Waals surface area contributed by atoms with E-state index in [2.05, 4.69) is 34.5 Å². The van der Waals surface area contributed by atoms with Crippen LogP contribution in [0.4, 0.5) is 5.13 Å². The number of aromatic nitrogens is 5. The summed E-state index contributed by atoms with van der Waals surface area (Å²) >= 11 is 2.33. The summed E-state index contributed by atoms with van der Waals surface area (Å²) in [4.78, 5) is 52.1. The molecule has 0 spiro atoms. The topological polar surface area (TPSA) is 185 Å². The second-order valence-electron chi connectivity index (χ2n) is 9.41. The van der Waals surface area contributed by atoms with Crippen molar-refractivity contribution < 1.29 is 24.1 Å². The van der Waals surface area contributed by atoms with Crippen LogP contribution in [0.2, 0.25) is 0 Å². The number of aliphatic imine (C=N–C) groups is 1. The number of anilines is 1. The minimum absolute atomic E-state index is 0.0535. The highest BCUT2D eigenvalue weighted by molar-refractivity contribution is 8.00. The maximum atomic E-state index is 13.1. The van der Waals surface area contributed by atoms with E-state index < -0.39 is 29.2 Å². The lowest BCUT2D eigenvalue weighted by Gasteiger charge is -2.49. The molecule has 3 aromatic rings. The van der Waals surface area contributed by atoms with Crippen molar-refractivity contribution in [2.75, 3.05) is 31.6 Å². The third-order valence-electron chi connectivity index (χ3n) is 6.96. The molecule has 5 N–H and O–H groups in total. The molecule has 0 aliphatic carbocycles. The lowest BCUT2D eigenvalue weighted by Crippen LogP contribution is -2.71. The Labute approximate surface area is 230 Å². The number of pyridine rings is 1. The SMILES string of the molecule is CN=C(C(=O)NC1C(=O)N2C(C(=O)O)=C(C[n+]3cccc4c3ncn4CC3CNC3)CSC12)c1nsc(N)n1. The van der Waals surface area contributed by atoms with E-state index in [1.165, 1.54) is 23.7 Å². The van der Waals surface area contributed by atoms with E-state index >= 15 is 0 Å². The summed E-state index contributed by atoms with van der Waals surface area (Å²) < 4.78 is 8.03. The molecule has 6 heterocycles. The molecule has 0 aromatic carbocycles. The molecule has 0 radical (unpaired) electrons. The quantitative estimate of drug-likeness (QED) is 0.146. The Morgan fingerprint density at radius 2 is 2.21 bits per heavy atom. The van der Waals surface area contributed by atoms with E-state index in [0.717, 1.165) is 42.3 Å². The highest BCUT2D eigenvalue weighted by Crippen LogP contribution is 2.40. The van der Waals surface area contributed by atoms with Gasteiger partial charge < -0.3 is 26.0 Å². The number of aliphatic carboxylic acids is 1. The lowest BCUT2D eigenvalue weighted by atomic mass is 10.0. The van der Waals surface area contributed by atoms with Gasteiger partial charge in [-0.3, -0.25) is 19.5 Å². The van der Waals surface area contributed by atoms with Gasteiger partial charge in [0, 0.05) is 55.5 Å². The average Bonchev–Trinajstić information content (AvgIpc) is 3.51. The number of nitrogens with zero attached hydrogens (tertiary/aromatic N) is 7. The maximum absolute atomic E-state index is 13.1. The van der Waals surface area contributed by atoms with Crippen molar-refractivity contribution >= 4 is 63.1 Å². The average molecular weight is 570 g/mol. The Hall–Kier alpha value is -3.89. The van der Waals surface area contributed by atoms with Gasteiger partial charge in [-0.05, 0) is 17.1 Å². The number of imidazole rings is 1. The number of fused-ring (bicyclic) bond motifs is 2. The van der Waals surface area contributed by atoms with Gasteiger partial charge in [0.25, 0.3) is 11.8 Å². The van der Waals surface area contributed by atoms with Gasteiger partial charge in [0.1, 0.15) is 29.2 Å². The number of hydrogen-bond acceptors (Lipinski definition) is 11. The Bertz CT molecular complexity index is 1560. The van der Waals surface area contributed by atoms with E-state index in [-0.39, 0.29) is 28.9 Å². The third kappa shape index (κ3) is 4.43. The van der Waals surface area contributed by atoms with Crippen molar-refractivity contribution in [1.29, 1.82) is 0 Å². The zero-order valence-electron chi connectivity index (χ0n) is 20.8. The van der Waals surface area contributed by atoms with Crippen molar-refractivity contribution in [3.8, 4) is 0 Å². The van der Waals surface area contributed by atoms with Crippen LogP contribution in [0.5, 0.6) is 0 Å². The van der Waals surface area contributed by atoms with Crippen LogP contribution in [0, 0.1) is 5.92 Å². The summed E-state index contributed by atoms with van der Waals surface area (Å²) in [6, 6.07) is 3.01. The summed E-state index contributed by atoms with van der Waals surface area (Å²) in [5.41, 5.74) is 7.81. The van der Waals surface area contributed by atoms with Crippen molar-refractivity contribution in [1.82, 2.24) is 34.4 Å². The molecule has 2 unspecified atom stereocenters. The molecule has 0 saturated carbocycles. The molecule has 2 saturated heterocycles. The van der Waals surface area contributed by atoms with Crippen LogP contribution in [0.15, 0.2) is 40.9 Å². The van der Waals surface area contributed by atoms with Crippen molar-refractivity contribution in [3.05, 3.63) is 41.8 Å². The Balaban J connectivity index is 1.22. The molecule has 0 bridgehead atoms. The first-order chi connectivity index (χ1) is 18.9. The highest BCUT2D eigenvalue weighted by Gasteiger charge is 2.54. The number of rotatable bonds is 8. The van der Waals surface area contributed by atoms with Gasteiger partial charge in [0.05, 0.1) is 6.20 Å². The normalized spacial score (nSPS) is 21.5. The molecule has 3 aromatic heterocycles. The van der Waals surface area contributed by atoms with Crippen LogP contribution in [0.1, 0.15) is 5.82 Å². The summed E-state index contributed by atoms with van der Waals surface area (Å²) in [6.07, 6.45) is 3.67. The Kier molecular flexibility index (Phi) is 6.52. The van der Waals surface area contributed by atoms with Gasteiger partial charge in [-0.2, -0.15) is 9.36 Å². The van der Waals surface area contributed by atoms with Gasteiger partial charge in [-0.15, -0.1) is 11.8 Å². The molecular formula is C23H25N10O4S2+. The molecule has 202 valence electrons. The fourth-order valence-electron chi connectivity index (χ4n) is 4.96. The standard InChI is InChI=1S/C23H24N10O4S2/c1-25-14(17-29-23(24)39-30-17)19(34)28-15-20(35)33-16(22(36)37)12(9-38-21(15)33)8-31-4-2-3-13-18(31)27-10-32(13)7-11-5-26-6-11/h2-4,10-11,15,21,26H,5-9H2,1H3,(H3-,24,28,29,30,34,36,37)/p+1. The number of nitrogens with two attached hydrogens (primary N) is 1.